The minimum absolute atomic E-state index is 0.0656. The molecule has 0 aliphatic rings. The number of aromatic nitrogens is 2. The predicted molar refractivity (Wildman–Crippen MR) is 67.7 cm³/mol. The molecule has 5 nitrogen and oxygen atoms in total. The number of benzene rings is 1. The normalized spacial score (nSPS) is 10.1. The zero-order chi connectivity index (χ0) is 12.1. The van der Waals surface area contributed by atoms with Crippen molar-refractivity contribution in [3.63, 3.8) is 0 Å². The standard InChI is InChI=1S/C11H12N4OS/c12-9-3-1-2-8(6-9)4-5-10(16)14-11-15-13-7-17-11/h1-3,6-7H,4-5,12H2,(H,14,15,16). The van der Waals surface area contributed by atoms with Crippen molar-refractivity contribution in [1.29, 1.82) is 0 Å². The minimum Gasteiger partial charge on any atom is -0.399 e. The molecule has 0 atom stereocenters. The molecule has 2 rings (SSSR count). The van der Waals surface area contributed by atoms with Gasteiger partial charge >= 0.3 is 0 Å². The SMILES string of the molecule is Nc1cccc(CCC(=O)Nc2nncs2)c1. The average Bonchev–Trinajstić information content (AvgIpc) is 2.79. The quantitative estimate of drug-likeness (QED) is 0.807. The molecule has 0 aliphatic heterocycles. The highest BCUT2D eigenvalue weighted by Crippen LogP contribution is 2.11. The molecule has 0 saturated carbocycles. The lowest BCUT2D eigenvalue weighted by atomic mass is 10.1. The van der Waals surface area contributed by atoms with E-state index in [1.165, 1.54) is 11.3 Å². The first kappa shape index (κ1) is 11.5. The Labute approximate surface area is 103 Å². The minimum atomic E-state index is -0.0656. The van der Waals surface area contributed by atoms with Gasteiger partial charge < -0.3 is 11.1 Å². The van der Waals surface area contributed by atoms with Crippen LogP contribution in [0.4, 0.5) is 10.8 Å². The summed E-state index contributed by atoms with van der Waals surface area (Å²) in [5.74, 6) is -0.0656. The molecule has 0 saturated heterocycles. The molecule has 3 N–H and O–H groups in total. The fraction of sp³-hybridized carbons (Fsp3) is 0.182. The molecule has 0 fully saturated rings. The van der Waals surface area contributed by atoms with Gasteiger partial charge in [0.1, 0.15) is 5.51 Å². The molecule has 0 aliphatic carbocycles. The molecule has 1 aromatic heterocycles. The van der Waals surface area contributed by atoms with Gasteiger partial charge in [-0.3, -0.25) is 4.79 Å². The van der Waals surface area contributed by atoms with Gasteiger partial charge in [0.25, 0.3) is 0 Å². The maximum Gasteiger partial charge on any atom is 0.226 e. The van der Waals surface area contributed by atoms with Gasteiger partial charge in [-0.25, -0.2) is 0 Å². The first-order valence-corrected chi connectivity index (χ1v) is 6.02. The van der Waals surface area contributed by atoms with Crippen LogP contribution in [0.5, 0.6) is 0 Å². The summed E-state index contributed by atoms with van der Waals surface area (Å²) in [7, 11) is 0. The van der Waals surface area contributed by atoms with E-state index in [1.54, 1.807) is 5.51 Å². The number of hydrogen-bond donors (Lipinski definition) is 2. The third-order valence-corrected chi connectivity index (χ3v) is 2.80. The van der Waals surface area contributed by atoms with Gasteiger partial charge in [0.15, 0.2) is 0 Å². The molecular weight excluding hydrogens is 236 g/mol. The van der Waals surface area contributed by atoms with Crippen LogP contribution in [0.15, 0.2) is 29.8 Å². The lowest BCUT2D eigenvalue weighted by Gasteiger charge is -2.02. The Balaban J connectivity index is 1.84. The van der Waals surface area contributed by atoms with Crippen molar-refractivity contribution < 1.29 is 4.79 Å². The lowest BCUT2D eigenvalue weighted by Crippen LogP contribution is -2.12. The molecule has 0 radical (unpaired) electrons. The van der Waals surface area contributed by atoms with E-state index in [4.69, 9.17) is 5.73 Å². The maximum atomic E-state index is 11.6. The number of amides is 1. The molecule has 0 bridgehead atoms. The van der Waals surface area contributed by atoms with E-state index in [0.29, 0.717) is 23.7 Å². The number of aryl methyl sites for hydroxylation is 1. The second-order valence-electron chi connectivity index (χ2n) is 3.54. The van der Waals surface area contributed by atoms with Crippen molar-refractivity contribution in [3.8, 4) is 0 Å². The fourth-order valence-corrected chi connectivity index (χ4v) is 1.88. The Morgan fingerprint density at radius 2 is 2.35 bits per heavy atom. The maximum absolute atomic E-state index is 11.6. The third kappa shape index (κ3) is 3.53. The summed E-state index contributed by atoms with van der Waals surface area (Å²) in [6, 6.07) is 7.53. The number of hydrogen-bond acceptors (Lipinski definition) is 5. The van der Waals surface area contributed by atoms with Crippen LogP contribution < -0.4 is 11.1 Å². The number of carbonyl (C=O) groups is 1. The van der Waals surface area contributed by atoms with Crippen LogP contribution >= 0.6 is 11.3 Å². The summed E-state index contributed by atoms with van der Waals surface area (Å²) >= 11 is 1.30. The van der Waals surface area contributed by atoms with Gasteiger partial charge in [-0.15, -0.1) is 10.2 Å². The van der Waals surface area contributed by atoms with E-state index in [9.17, 15) is 4.79 Å². The van der Waals surface area contributed by atoms with Crippen LogP contribution in [0, 0.1) is 0 Å². The van der Waals surface area contributed by atoms with E-state index < -0.39 is 0 Å². The molecule has 1 aromatic carbocycles. The highest BCUT2D eigenvalue weighted by Gasteiger charge is 2.05. The number of nitrogens with two attached hydrogens (primary N) is 1. The summed E-state index contributed by atoms with van der Waals surface area (Å²) in [4.78, 5) is 11.6. The summed E-state index contributed by atoms with van der Waals surface area (Å²) < 4.78 is 0. The number of nitrogen functional groups attached to an aromatic ring is 1. The summed E-state index contributed by atoms with van der Waals surface area (Å²) in [5.41, 5.74) is 9.00. The van der Waals surface area contributed by atoms with E-state index in [0.717, 1.165) is 5.56 Å². The van der Waals surface area contributed by atoms with Crippen LogP contribution in [0.25, 0.3) is 0 Å². The van der Waals surface area contributed by atoms with Crippen LogP contribution in [0.2, 0.25) is 0 Å². The number of carbonyl (C=O) groups excluding carboxylic acids is 1. The fourth-order valence-electron chi connectivity index (χ4n) is 1.42. The number of rotatable bonds is 4. The van der Waals surface area contributed by atoms with Crippen molar-refractivity contribution in [2.45, 2.75) is 12.8 Å². The number of anilines is 2. The van der Waals surface area contributed by atoms with Gasteiger partial charge in [0.05, 0.1) is 0 Å². The van der Waals surface area contributed by atoms with Gasteiger partial charge in [-0.05, 0) is 24.1 Å². The van der Waals surface area contributed by atoms with E-state index >= 15 is 0 Å². The van der Waals surface area contributed by atoms with Crippen LogP contribution in [-0.2, 0) is 11.2 Å². The Kier molecular flexibility index (Phi) is 3.66. The molecule has 6 heteroatoms. The molecule has 17 heavy (non-hydrogen) atoms. The van der Waals surface area contributed by atoms with Crippen molar-refractivity contribution in [1.82, 2.24) is 10.2 Å². The number of nitrogens with zero attached hydrogens (tertiary/aromatic N) is 2. The predicted octanol–water partition coefficient (Wildman–Crippen LogP) is 1.69. The molecule has 1 heterocycles. The van der Waals surface area contributed by atoms with Gasteiger partial charge in [0, 0.05) is 12.1 Å². The van der Waals surface area contributed by atoms with Gasteiger partial charge in [-0.1, -0.05) is 23.5 Å². The summed E-state index contributed by atoms with van der Waals surface area (Å²) in [5, 5.41) is 10.6. The largest absolute Gasteiger partial charge is 0.399 e. The lowest BCUT2D eigenvalue weighted by molar-refractivity contribution is -0.116. The summed E-state index contributed by atoms with van der Waals surface area (Å²) in [6.45, 7) is 0. The zero-order valence-corrected chi connectivity index (χ0v) is 9.91. The van der Waals surface area contributed by atoms with E-state index in [-0.39, 0.29) is 5.91 Å². The van der Waals surface area contributed by atoms with Crippen molar-refractivity contribution >= 4 is 28.1 Å². The molecular formula is C11H12N4OS. The highest BCUT2D eigenvalue weighted by atomic mass is 32.1. The zero-order valence-electron chi connectivity index (χ0n) is 9.09. The Morgan fingerprint density at radius 3 is 3.06 bits per heavy atom. The van der Waals surface area contributed by atoms with Crippen molar-refractivity contribution in [3.05, 3.63) is 35.3 Å². The first-order valence-electron chi connectivity index (χ1n) is 5.14. The monoisotopic (exact) mass is 248 g/mol. The van der Waals surface area contributed by atoms with Crippen LogP contribution in [0.1, 0.15) is 12.0 Å². The first-order chi connectivity index (χ1) is 8.24. The second-order valence-corrected chi connectivity index (χ2v) is 4.37. The summed E-state index contributed by atoms with van der Waals surface area (Å²) in [6.07, 6.45) is 1.07. The van der Waals surface area contributed by atoms with E-state index in [1.807, 2.05) is 24.3 Å². The van der Waals surface area contributed by atoms with Crippen LogP contribution in [-0.4, -0.2) is 16.1 Å². The Morgan fingerprint density at radius 1 is 1.47 bits per heavy atom. The van der Waals surface area contributed by atoms with Crippen molar-refractivity contribution in [2.24, 2.45) is 0 Å². The van der Waals surface area contributed by atoms with Gasteiger partial charge in [-0.2, -0.15) is 0 Å². The molecule has 2 aromatic rings. The third-order valence-electron chi connectivity index (χ3n) is 2.20. The average molecular weight is 248 g/mol. The van der Waals surface area contributed by atoms with Crippen molar-refractivity contribution in [2.75, 3.05) is 11.1 Å². The van der Waals surface area contributed by atoms with E-state index in [2.05, 4.69) is 15.5 Å². The number of nitrogens with one attached hydrogen (secondary N) is 1. The van der Waals surface area contributed by atoms with Crippen LogP contribution in [0.3, 0.4) is 0 Å². The molecule has 88 valence electrons. The van der Waals surface area contributed by atoms with Gasteiger partial charge in [0.2, 0.25) is 11.0 Å². The molecule has 0 spiro atoms. The second kappa shape index (κ2) is 5.40. The smallest absolute Gasteiger partial charge is 0.226 e. The Hall–Kier alpha value is -1.95. The molecule has 0 unspecified atom stereocenters. The topological polar surface area (TPSA) is 80.9 Å². The Bertz CT molecular complexity index is 498. The highest BCUT2D eigenvalue weighted by molar-refractivity contribution is 7.13. The molecule has 1 amide bonds.